The number of urea groups is 1. The Hall–Kier alpha value is -2.48. The van der Waals surface area contributed by atoms with E-state index >= 15 is 0 Å². The van der Waals surface area contributed by atoms with Crippen molar-refractivity contribution in [1.29, 1.82) is 0 Å². The summed E-state index contributed by atoms with van der Waals surface area (Å²) in [6.07, 6.45) is 0.593. The third kappa shape index (κ3) is 3.25. The van der Waals surface area contributed by atoms with Gasteiger partial charge in [-0.2, -0.15) is 0 Å². The third-order valence-electron chi connectivity index (χ3n) is 2.19. The minimum absolute atomic E-state index is 0.103. The third-order valence-corrected chi connectivity index (χ3v) is 2.19. The molecule has 94 valence electrons. The molecule has 0 saturated heterocycles. The van der Waals surface area contributed by atoms with Gasteiger partial charge in [0.1, 0.15) is 0 Å². The van der Waals surface area contributed by atoms with Crippen LogP contribution >= 0.6 is 0 Å². The smallest absolute Gasteiger partial charge is 0.326 e. The molecule has 1 aromatic carbocycles. The molecule has 0 aliphatic heterocycles. The number of aromatic nitrogens is 4. The van der Waals surface area contributed by atoms with Gasteiger partial charge in [-0.3, -0.25) is 5.32 Å². The Bertz CT molecular complexity index is 496. The van der Waals surface area contributed by atoms with Crippen molar-refractivity contribution in [2.75, 3.05) is 17.2 Å². The first-order valence-electron chi connectivity index (χ1n) is 5.29. The lowest BCUT2D eigenvalue weighted by atomic mass is 10.1. The molecule has 1 heterocycles. The summed E-state index contributed by atoms with van der Waals surface area (Å²) in [5, 5.41) is 26.4. The minimum Gasteiger partial charge on any atom is -0.396 e. The van der Waals surface area contributed by atoms with Crippen LogP contribution in [-0.4, -0.2) is 38.4 Å². The minimum atomic E-state index is -0.441. The van der Waals surface area contributed by atoms with Crippen LogP contribution in [0.5, 0.6) is 0 Å². The quantitative estimate of drug-likeness (QED) is 0.624. The van der Waals surface area contributed by atoms with Crippen molar-refractivity contribution in [2.24, 2.45) is 0 Å². The van der Waals surface area contributed by atoms with Crippen LogP contribution < -0.4 is 10.6 Å². The maximum atomic E-state index is 11.5. The highest BCUT2D eigenvalue weighted by atomic mass is 16.3. The number of tetrazole rings is 1. The van der Waals surface area contributed by atoms with Crippen LogP contribution in [0.4, 0.5) is 16.4 Å². The van der Waals surface area contributed by atoms with Gasteiger partial charge < -0.3 is 10.4 Å². The number of anilines is 2. The van der Waals surface area contributed by atoms with E-state index in [1.54, 1.807) is 12.1 Å². The maximum absolute atomic E-state index is 11.5. The van der Waals surface area contributed by atoms with Crippen molar-refractivity contribution in [3.05, 3.63) is 29.8 Å². The van der Waals surface area contributed by atoms with Crippen LogP contribution in [0.2, 0.25) is 0 Å². The number of hydrogen-bond acceptors (Lipinski definition) is 5. The van der Waals surface area contributed by atoms with Gasteiger partial charge in [0.05, 0.1) is 0 Å². The summed E-state index contributed by atoms with van der Waals surface area (Å²) in [5.41, 5.74) is 1.64. The molecule has 0 saturated carbocycles. The molecule has 8 heteroatoms. The zero-order chi connectivity index (χ0) is 12.8. The van der Waals surface area contributed by atoms with Crippen molar-refractivity contribution in [3.63, 3.8) is 0 Å². The Kier molecular flexibility index (Phi) is 3.82. The second-order valence-electron chi connectivity index (χ2n) is 3.50. The highest BCUT2D eigenvalue weighted by molar-refractivity contribution is 5.98. The molecule has 2 aromatic rings. The number of nitrogens with zero attached hydrogens (tertiary/aromatic N) is 3. The maximum Gasteiger partial charge on any atom is 0.326 e. The lowest BCUT2D eigenvalue weighted by Gasteiger charge is -2.05. The summed E-state index contributed by atoms with van der Waals surface area (Å²) in [6, 6.07) is 6.74. The molecule has 0 fully saturated rings. The summed E-state index contributed by atoms with van der Waals surface area (Å²) in [6.45, 7) is 0.103. The Morgan fingerprint density at radius 1 is 1.28 bits per heavy atom. The van der Waals surface area contributed by atoms with Crippen LogP contribution in [0.25, 0.3) is 0 Å². The molecule has 8 nitrogen and oxygen atoms in total. The Labute approximate surface area is 102 Å². The molecular formula is C10H12N6O2. The van der Waals surface area contributed by atoms with Crippen molar-refractivity contribution in [3.8, 4) is 0 Å². The average Bonchev–Trinajstić information content (AvgIpc) is 2.84. The van der Waals surface area contributed by atoms with Gasteiger partial charge in [-0.15, -0.1) is 0 Å². The number of carbonyl (C=O) groups excluding carboxylic acids is 1. The van der Waals surface area contributed by atoms with Crippen molar-refractivity contribution in [2.45, 2.75) is 6.42 Å². The van der Waals surface area contributed by atoms with Crippen LogP contribution in [0.15, 0.2) is 24.3 Å². The molecule has 1 aromatic heterocycles. The topological polar surface area (TPSA) is 116 Å². The number of benzene rings is 1. The van der Waals surface area contributed by atoms with Gasteiger partial charge in [0, 0.05) is 12.3 Å². The van der Waals surface area contributed by atoms with Gasteiger partial charge in [0.2, 0.25) is 5.95 Å². The van der Waals surface area contributed by atoms with E-state index in [4.69, 9.17) is 5.11 Å². The highest BCUT2D eigenvalue weighted by Crippen LogP contribution is 2.10. The number of aliphatic hydroxyl groups excluding tert-OH is 1. The van der Waals surface area contributed by atoms with E-state index in [0.717, 1.165) is 5.56 Å². The first kappa shape index (κ1) is 12.0. The molecule has 2 amide bonds. The number of aromatic amines is 1. The number of rotatable bonds is 4. The second-order valence-corrected chi connectivity index (χ2v) is 3.50. The van der Waals surface area contributed by atoms with E-state index in [2.05, 4.69) is 31.3 Å². The van der Waals surface area contributed by atoms with Gasteiger partial charge in [0.15, 0.2) is 0 Å². The van der Waals surface area contributed by atoms with E-state index < -0.39 is 6.03 Å². The number of carbonyl (C=O) groups is 1. The number of nitrogens with one attached hydrogen (secondary N) is 3. The van der Waals surface area contributed by atoms with Gasteiger partial charge >= 0.3 is 6.03 Å². The number of H-pyrrole nitrogens is 1. The molecule has 2 rings (SSSR count). The molecule has 0 aliphatic rings. The SMILES string of the molecule is O=C(Nc1ccc(CCO)cc1)Nc1nnn[nH]1. The van der Waals surface area contributed by atoms with E-state index in [0.29, 0.717) is 12.1 Å². The van der Waals surface area contributed by atoms with E-state index in [1.807, 2.05) is 12.1 Å². The Morgan fingerprint density at radius 2 is 2.06 bits per heavy atom. The predicted octanol–water partition coefficient (Wildman–Crippen LogP) is 0.378. The Balaban J connectivity index is 1.90. The first-order valence-corrected chi connectivity index (χ1v) is 5.29. The highest BCUT2D eigenvalue weighted by Gasteiger charge is 2.04. The first-order chi connectivity index (χ1) is 8.78. The van der Waals surface area contributed by atoms with Gasteiger partial charge in [0.25, 0.3) is 0 Å². The van der Waals surface area contributed by atoms with E-state index in [1.165, 1.54) is 0 Å². The van der Waals surface area contributed by atoms with Gasteiger partial charge in [-0.1, -0.05) is 17.2 Å². The summed E-state index contributed by atoms with van der Waals surface area (Å²) in [5.74, 6) is 0.171. The summed E-state index contributed by atoms with van der Waals surface area (Å²) in [4.78, 5) is 11.5. The average molecular weight is 248 g/mol. The monoisotopic (exact) mass is 248 g/mol. The lowest BCUT2D eigenvalue weighted by molar-refractivity contribution is 0.262. The summed E-state index contributed by atoms with van der Waals surface area (Å²) >= 11 is 0. The Morgan fingerprint density at radius 3 is 2.67 bits per heavy atom. The van der Waals surface area contributed by atoms with E-state index in [9.17, 15) is 4.79 Å². The lowest BCUT2D eigenvalue weighted by Crippen LogP contribution is -2.20. The van der Waals surface area contributed by atoms with Gasteiger partial charge in [-0.05, 0) is 34.5 Å². The molecule has 4 N–H and O–H groups in total. The van der Waals surface area contributed by atoms with Crippen LogP contribution in [0, 0.1) is 0 Å². The summed E-state index contributed by atoms with van der Waals surface area (Å²) in [7, 11) is 0. The van der Waals surface area contributed by atoms with Crippen molar-refractivity contribution in [1.82, 2.24) is 20.6 Å². The second kappa shape index (κ2) is 5.73. The number of hydrogen-bond donors (Lipinski definition) is 4. The zero-order valence-electron chi connectivity index (χ0n) is 9.42. The number of aliphatic hydroxyl groups is 1. The molecule has 0 unspecified atom stereocenters. The fourth-order valence-corrected chi connectivity index (χ4v) is 1.37. The summed E-state index contributed by atoms with van der Waals surface area (Å²) < 4.78 is 0. The van der Waals surface area contributed by atoms with Crippen LogP contribution in [-0.2, 0) is 6.42 Å². The van der Waals surface area contributed by atoms with Crippen molar-refractivity contribution >= 4 is 17.7 Å². The molecule has 0 aliphatic carbocycles. The van der Waals surface area contributed by atoms with Gasteiger partial charge in [-0.25, -0.2) is 9.89 Å². The standard InChI is InChI=1S/C10H12N6O2/c17-6-5-7-1-3-8(4-2-7)11-10(18)12-9-13-15-16-14-9/h1-4,17H,5-6H2,(H3,11,12,13,14,15,16,18). The number of amides is 2. The normalized spacial score (nSPS) is 10.1. The predicted molar refractivity (Wildman–Crippen MR) is 64.1 cm³/mol. The molecule has 0 atom stereocenters. The fourth-order valence-electron chi connectivity index (χ4n) is 1.37. The molecule has 0 spiro atoms. The molecule has 0 bridgehead atoms. The van der Waals surface area contributed by atoms with E-state index in [-0.39, 0.29) is 12.6 Å². The zero-order valence-corrected chi connectivity index (χ0v) is 9.42. The largest absolute Gasteiger partial charge is 0.396 e. The fraction of sp³-hybridized carbons (Fsp3) is 0.200. The van der Waals surface area contributed by atoms with Crippen LogP contribution in [0.3, 0.4) is 0 Å². The molecule has 18 heavy (non-hydrogen) atoms. The molecule has 0 radical (unpaired) electrons. The molecular weight excluding hydrogens is 236 g/mol. The van der Waals surface area contributed by atoms with Crippen molar-refractivity contribution < 1.29 is 9.90 Å². The van der Waals surface area contributed by atoms with Crippen LogP contribution in [0.1, 0.15) is 5.56 Å².